The second-order valence-electron chi connectivity index (χ2n) is 13.6. The lowest BCUT2D eigenvalue weighted by Gasteiger charge is -2.28. The molecule has 6 heterocycles. The summed E-state index contributed by atoms with van der Waals surface area (Å²) in [5.41, 5.74) is -2.38. The second-order valence-corrected chi connectivity index (χ2v) is 20.4. The molecule has 0 radical (unpaired) electrons. The smallest absolute Gasteiger partial charge is 0.232 e. The van der Waals surface area contributed by atoms with Crippen LogP contribution in [0.15, 0.2) is 84.9 Å². The molecule has 0 saturated carbocycles. The third-order valence-corrected chi connectivity index (χ3v) is 17.3. The molecule has 0 spiro atoms. The van der Waals surface area contributed by atoms with E-state index >= 15 is 22.0 Å². The monoisotopic (exact) mass is 820 g/mol. The number of alkyl halides is 5. The highest BCUT2D eigenvalue weighted by Gasteiger charge is 2.77. The van der Waals surface area contributed by atoms with E-state index in [-0.39, 0.29) is 9.75 Å². The average Bonchev–Trinajstić information content (AvgIpc) is 3.98. The number of allylic oxidation sites excluding steroid dienone is 2. The molecule has 8 aromatic rings. The van der Waals surface area contributed by atoms with Gasteiger partial charge in [-0.15, -0.1) is 68.0 Å². The summed E-state index contributed by atoms with van der Waals surface area (Å²) in [4.78, 5) is 9.21. The van der Waals surface area contributed by atoms with Crippen molar-refractivity contribution in [2.24, 2.45) is 0 Å². The van der Waals surface area contributed by atoms with Crippen LogP contribution in [0, 0.1) is 27.7 Å². The van der Waals surface area contributed by atoms with Crippen molar-refractivity contribution in [1.82, 2.24) is 0 Å². The molecule has 1 unspecified atom stereocenters. The molecular weight excluding hydrogens is 792 g/mol. The fraction of sp³-hybridized carbons (Fsp3) is 0.190. The highest BCUT2D eigenvalue weighted by molar-refractivity contribution is 7.25. The molecule has 1 atom stereocenters. The van der Waals surface area contributed by atoms with Gasteiger partial charge < -0.3 is 0 Å². The highest BCUT2D eigenvalue weighted by Crippen LogP contribution is 2.66. The summed E-state index contributed by atoms with van der Waals surface area (Å²) in [5, 5.41) is 1.41. The molecule has 11 heteroatoms. The van der Waals surface area contributed by atoms with Crippen LogP contribution in [0.25, 0.3) is 71.7 Å². The standard InChI is InChI=1S/C42H29F5S6/c1-20-6-12-30(48-20)32-16-14-28(50-32)24-8-10-26-22(3)38(52-34(26)18-24)36-37(41(44,45)42(46,47)40(36,5)43)39-23(4)27-11-9-25(19-35(27)53-39)29-15-17-33(51-29)31-13-7-21(2)49-31/h6-19H,1-5H3. The van der Waals surface area contributed by atoms with Crippen LogP contribution in [-0.2, 0) is 0 Å². The van der Waals surface area contributed by atoms with Crippen LogP contribution in [0.4, 0.5) is 22.0 Å². The molecule has 0 bridgehead atoms. The van der Waals surface area contributed by atoms with Crippen LogP contribution in [0.3, 0.4) is 0 Å². The fourth-order valence-corrected chi connectivity index (χ4v) is 13.9. The Morgan fingerprint density at radius 1 is 0.434 bits per heavy atom. The number of thiophene rings is 6. The first-order valence-electron chi connectivity index (χ1n) is 16.8. The normalized spacial score (nSPS) is 18.3. The molecule has 1 aliphatic carbocycles. The SMILES string of the molecule is Cc1ccc(-c2ccc(-c3ccc4c(C)c(C5=C(c6sc7cc(-c8ccc(-c9ccc(C)s9)s8)ccc7c6C)C(F)(F)C(F)(F)C5(C)F)sc4c3)s2)s1. The molecule has 6 aromatic heterocycles. The van der Waals surface area contributed by atoms with Gasteiger partial charge in [-0.25, -0.2) is 4.39 Å². The molecule has 2 aromatic carbocycles. The lowest BCUT2D eigenvalue weighted by molar-refractivity contribution is -0.213. The van der Waals surface area contributed by atoms with Crippen LogP contribution in [0.5, 0.6) is 0 Å². The van der Waals surface area contributed by atoms with Gasteiger partial charge in [-0.05, 0) is 128 Å². The minimum absolute atomic E-state index is 0.00777. The van der Waals surface area contributed by atoms with Crippen molar-refractivity contribution in [3.8, 4) is 40.4 Å². The largest absolute Gasteiger partial charge is 0.351 e. The zero-order valence-electron chi connectivity index (χ0n) is 28.9. The molecular formula is C42H29F5S6. The van der Waals surface area contributed by atoms with Crippen molar-refractivity contribution in [1.29, 1.82) is 0 Å². The van der Waals surface area contributed by atoms with E-state index in [9.17, 15) is 0 Å². The molecule has 0 saturated heterocycles. The molecule has 0 amide bonds. The Kier molecular flexibility index (Phi) is 8.17. The van der Waals surface area contributed by atoms with E-state index in [1.54, 1.807) is 59.2 Å². The number of hydrogen-bond acceptors (Lipinski definition) is 6. The number of rotatable bonds is 6. The fourth-order valence-electron chi connectivity index (χ4n) is 7.20. The number of fused-ring (bicyclic) bond motifs is 2. The predicted molar refractivity (Wildman–Crippen MR) is 222 cm³/mol. The van der Waals surface area contributed by atoms with E-state index in [2.05, 4.69) is 50.2 Å². The van der Waals surface area contributed by atoms with Crippen LogP contribution >= 0.6 is 68.0 Å². The molecule has 0 nitrogen and oxygen atoms in total. The summed E-state index contributed by atoms with van der Waals surface area (Å²) in [6.07, 6.45) is 0. The summed E-state index contributed by atoms with van der Waals surface area (Å²) in [6.45, 7) is 8.12. The lowest BCUT2D eigenvalue weighted by Crippen LogP contribution is -2.49. The van der Waals surface area contributed by atoms with Gasteiger partial charge >= 0.3 is 11.8 Å². The van der Waals surface area contributed by atoms with Crippen molar-refractivity contribution in [3.05, 3.63) is 116 Å². The van der Waals surface area contributed by atoms with E-state index in [1.807, 2.05) is 48.5 Å². The topological polar surface area (TPSA) is 0 Å². The minimum Gasteiger partial charge on any atom is -0.232 e. The average molecular weight is 821 g/mol. The maximum absolute atomic E-state index is 16.7. The quantitative estimate of drug-likeness (QED) is 0.147. The van der Waals surface area contributed by atoms with Gasteiger partial charge in [0, 0.05) is 63.7 Å². The third kappa shape index (κ3) is 5.33. The van der Waals surface area contributed by atoms with E-state index in [0.717, 1.165) is 63.4 Å². The summed E-state index contributed by atoms with van der Waals surface area (Å²) >= 11 is 8.86. The lowest BCUT2D eigenvalue weighted by atomic mass is 9.92. The van der Waals surface area contributed by atoms with Gasteiger partial charge in [-0.3, -0.25) is 0 Å². The first-order valence-corrected chi connectivity index (χ1v) is 21.7. The molecule has 268 valence electrons. The first kappa shape index (κ1) is 35.3. The van der Waals surface area contributed by atoms with Gasteiger partial charge in [0.25, 0.3) is 0 Å². The maximum Gasteiger partial charge on any atom is 0.351 e. The van der Waals surface area contributed by atoms with Gasteiger partial charge in [-0.2, -0.15) is 17.6 Å². The van der Waals surface area contributed by atoms with Gasteiger partial charge in [0.15, 0.2) is 0 Å². The van der Waals surface area contributed by atoms with Gasteiger partial charge in [0.05, 0.1) is 5.57 Å². The Balaban J connectivity index is 1.17. The Morgan fingerprint density at radius 3 is 1.26 bits per heavy atom. The van der Waals surface area contributed by atoms with Crippen molar-refractivity contribution in [2.45, 2.75) is 52.1 Å². The van der Waals surface area contributed by atoms with Gasteiger partial charge in [-0.1, -0.05) is 24.3 Å². The van der Waals surface area contributed by atoms with Gasteiger partial charge in [0.1, 0.15) is 0 Å². The zero-order valence-corrected chi connectivity index (χ0v) is 33.8. The number of hydrogen-bond donors (Lipinski definition) is 0. The zero-order chi connectivity index (χ0) is 37.2. The Morgan fingerprint density at radius 2 is 0.830 bits per heavy atom. The second kappa shape index (κ2) is 12.3. The molecule has 0 N–H and O–H groups in total. The number of aryl methyl sites for hydroxylation is 4. The van der Waals surface area contributed by atoms with Crippen LogP contribution in [0.1, 0.15) is 37.6 Å². The maximum atomic E-state index is 16.7. The molecule has 0 fully saturated rings. The predicted octanol–water partition coefficient (Wildman–Crippen LogP) is 16.2. The van der Waals surface area contributed by atoms with Crippen molar-refractivity contribution in [3.63, 3.8) is 0 Å². The number of halogens is 5. The number of benzene rings is 2. The van der Waals surface area contributed by atoms with E-state index < -0.39 is 28.7 Å². The minimum atomic E-state index is -4.97. The molecule has 9 rings (SSSR count). The van der Waals surface area contributed by atoms with Crippen molar-refractivity contribution in [2.75, 3.05) is 0 Å². The molecule has 53 heavy (non-hydrogen) atoms. The van der Waals surface area contributed by atoms with Crippen LogP contribution in [-0.4, -0.2) is 17.5 Å². The highest BCUT2D eigenvalue weighted by atomic mass is 32.1. The Labute approximate surface area is 327 Å². The Hall–Kier alpha value is -3.45. The van der Waals surface area contributed by atoms with Crippen molar-refractivity contribution < 1.29 is 22.0 Å². The Bertz CT molecular complexity index is 2590. The summed E-state index contributed by atoms with van der Waals surface area (Å²) < 4.78 is 82.5. The first-order chi connectivity index (χ1) is 25.2. The molecule has 1 aliphatic rings. The summed E-state index contributed by atoms with van der Waals surface area (Å²) in [7, 11) is 0. The van der Waals surface area contributed by atoms with Crippen molar-refractivity contribution >= 4 is 99.3 Å². The van der Waals surface area contributed by atoms with Crippen LogP contribution < -0.4 is 0 Å². The summed E-state index contributed by atoms with van der Waals surface area (Å²) in [5.74, 6) is -9.71. The molecule has 0 aliphatic heterocycles. The summed E-state index contributed by atoms with van der Waals surface area (Å²) in [6, 6.07) is 28.1. The third-order valence-electron chi connectivity index (χ3n) is 10.1. The van der Waals surface area contributed by atoms with Gasteiger partial charge in [0.2, 0.25) is 5.67 Å². The van der Waals surface area contributed by atoms with Crippen LogP contribution in [0.2, 0.25) is 0 Å². The van der Waals surface area contributed by atoms with E-state index in [4.69, 9.17) is 0 Å². The van der Waals surface area contributed by atoms with E-state index in [0.29, 0.717) is 28.1 Å². The van der Waals surface area contributed by atoms with E-state index in [1.165, 1.54) is 19.5 Å².